The Labute approximate surface area is 110 Å². The summed E-state index contributed by atoms with van der Waals surface area (Å²) in [4.78, 5) is 14.7. The van der Waals surface area contributed by atoms with E-state index in [1.54, 1.807) is 6.20 Å². The maximum absolute atomic E-state index is 10.5. The van der Waals surface area contributed by atoms with Crippen LogP contribution in [0.15, 0.2) is 24.4 Å². The predicted molar refractivity (Wildman–Crippen MR) is 74.9 cm³/mol. The summed E-state index contributed by atoms with van der Waals surface area (Å²) in [5.41, 5.74) is 13.3. The second-order valence-electron chi connectivity index (χ2n) is 4.17. The number of fused-ring (bicyclic) bond motifs is 1. The lowest BCUT2D eigenvalue weighted by atomic mass is 10.1. The number of hydrogen-bond acceptors (Lipinski definition) is 5. The number of benzene rings is 1. The van der Waals surface area contributed by atoms with Gasteiger partial charge in [-0.2, -0.15) is 0 Å². The average molecular weight is 260 g/mol. The Balaban J connectivity index is 2.21. The molecule has 19 heavy (non-hydrogen) atoms. The van der Waals surface area contributed by atoms with Crippen LogP contribution in [-0.4, -0.2) is 24.2 Å². The maximum Gasteiger partial charge on any atom is 0.404 e. The number of nitrogens with two attached hydrogens (primary N) is 2. The van der Waals surface area contributed by atoms with Crippen LogP contribution in [0.25, 0.3) is 10.8 Å². The highest BCUT2D eigenvalue weighted by atomic mass is 16.5. The number of aromatic nitrogens is 1. The number of hydrogen-bond donors (Lipinski definition) is 3. The third-order valence-electron chi connectivity index (χ3n) is 2.73. The maximum atomic E-state index is 10.5. The Bertz CT molecular complexity index is 613. The minimum atomic E-state index is -0.774. The van der Waals surface area contributed by atoms with Gasteiger partial charge in [-0.3, -0.25) is 4.98 Å². The van der Waals surface area contributed by atoms with E-state index >= 15 is 0 Å². The van der Waals surface area contributed by atoms with Gasteiger partial charge in [0.2, 0.25) is 0 Å². The second kappa shape index (κ2) is 5.43. The fraction of sp³-hybridized carbons (Fsp3) is 0.231. The van der Waals surface area contributed by atoms with Crippen molar-refractivity contribution in [2.75, 3.05) is 24.2 Å². The van der Waals surface area contributed by atoms with Crippen molar-refractivity contribution in [3.05, 3.63) is 30.1 Å². The van der Waals surface area contributed by atoms with Crippen LogP contribution in [0.5, 0.6) is 0 Å². The number of nitrogens with zero attached hydrogens (tertiary/aromatic N) is 1. The molecule has 6 heteroatoms. The molecule has 6 nitrogen and oxygen atoms in total. The summed E-state index contributed by atoms with van der Waals surface area (Å²) in [6.07, 6.45) is 0.981. The van der Waals surface area contributed by atoms with Gasteiger partial charge < -0.3 is 21.5 Å². The number of pyridine rings is 1. The quantitative estimate of drug-likeness (QED) is 0.572. The molecule has 0 spiro atoms. The Morgan fingerprint density at radius 3 is 2.95 bits per heavy atom. The lowest BCUT2D eigenvalue weighted by Crippen LogP contribution is -2.18. The summed E-state index contributed by atoms with van der Waals surface area (Å²) < 4.78 is 4.66. The van der Waals surface area contributed by atoms with E-state index in [1.807, 2.05) is 25.1 Å². The summed E-state index contributed by atoms with van der Waals surface area (Å²) in [5, 5.41) is 5.07. The highest BCUT2D eigenvalue weighted by Crippen LogP contribution is 2.28. The number of ether oxygens (including phenoxy) is 1. The lowest BCUT2D eigenvalue weighted by molar-refractivity contribution is 0.161. The molecule has 0 aliphatic rings. The van der Waals surface area contributed by atoms with E-state index < -0.39 is 6.09 Å². The van der Waals surface area contributed by atoms with Crippen LogP contribution >= 0.6 is 0 Å². The van der Waals surface area contributed by atoms with E-state index in [0.29, 0.717) is 12.2 Å². The first kappa shape index (κ1) is 12.9. The minimum absolute atomic E-state index is 0.214. The normalized spacial score (nSPS) is 10.4. The van der Waals surface area contributed by atoms with E-state index in [9.17, 15) is 4.79 Å². The van der Waals surface area contributed by atoms with Crippen LogP contribution in [-0.2, 0) is 4.74 Å². The molecule has 100 valence electrons. The fourth-order valence-electron chi connectivity index (χ4n) is 1.86. The number of carbonyl (C=O) groups excluding carboxylic acids is 1. The van der Waals surface area contributed by atoms with Crippen LogP contribution < -0.4 is 16.8 Å². The molecule has 1 aromatic heterocycles. The standard InChI is InChI=1S/C13H16N4O2/c1-8-6-9-10(7-17-8)11(14)2-3-12(9)16-4-5-19-13(15)18/h2-3,6-7,16H,4-5,14H2,1H3,(H2,15,18). The summed E-state index contributed by atoms with van der Waals surface area (Å²) >= 11 is 0. The molecule has 0 aliphatic heterocycles. The zero-order valence-electron chi connectivity index (χ0n) is 10.6. The number of amides is 1. The number of nitrogen functional groups attached to an aromatic ring is 1. The molecular weight excluding hydrogens is 244 g/mol. The lowest BCUT2D eigenvalue weighted by Gasteiger charge is -2.11. The largest absolute Gasteiger partial charge is 0.448 e. The Kier molecular flexibility index (Phi) is 3.70. The SMILES string of the molecule is Cc1cc2c(NCCOC(N)=O)ccc(N)c2cn1. The molecule has 0 aliphatic carbocycles. The van der Waals surface area contributed by atoms with Gasteiger partial charge in [0.1, 0.15) is 6.61 Å². The van der Waals surface area contributed by atoms with Gasteiger partial charge in [-0.15, -0.1) is 0 Å². The van der Waals surface area contributed by atoms with Crippen molar-refractivity contribution >= 4 is 28.2 Å². The second-order valence-corrected chi connectivity index (χ2v) is 4.17. The van der Waals surface area contributed by atoms with Gasteiger partial charge in [0.05, 0.1) is 0 Å². The third kappa shape index (κ3) is 3.04. The third-order valence-corrected chi connectivity index (χ3v) is 2.73. The smallest absolute Gasteiger partial charge is 0.404 e. The van der Waals surface area contributed by atoms with Crippen molar-refractivity contribution in [3.63, 3.8) is 0 Å². The molecule has 0 fully saturated rings. The van der Waals surface area contributed by atoms with Gasteiger partial charge >= 0.3 is 6.09 Å². The minimum Gasteiger partial charge on any atom is -0.448 e. The Hall–Kier alpha value is -2.50. The molecule has 2 aromatic rings. The molecule has 0 atom stereocenters. The molecule has 0 bridgehead atoms. The van der Waals surface area contributed by atoms with E-state index in [-0.39, 0.29) is 6.61 Å². The van der Waals surface area contributed by atoms with Gasteiger partial charge in [-0.25, -0.2) is 4.79 Å². The van der Waals surface area contributed by atoms with Crippen LogP contribution in [0.4, 0.5) is 16.2 Å². The highest BCUT2D eigenvalue weighted by molar-refractivity contribution is 6.00. The highest BCUT2D eigenvalue weighted by Gasteiger charge is 2.05. The summed E-state index contributed by atoms with van der Waals surface area (Å²) in [6.45, 7) is 2.61. The number of carbonyl (C=O) groups is 1. The van der Waals surface area contributed by atoms with Crippen molar-refractivity contribution in [3.8, 4) is 0 Å². The molecule has 1 amide bonds. The number of aryl methyl sites for hydroxylation is 1. The van der Waals surface area contributed by atoms with E-state index in [0.717, 1.165) is 22.2 Å². The van der Waals surface area contributed by atoms with Gasteiger partial charge in [-0.1, -0.05) is 0 Å². The van der Waals surface area contributed by atoms with Crippen LogP contribution in [0.3, 0.4) is 0 Å². The van der Waals surface area contributed by atoms with Crippen LogP contribution in [0.2, 0.25) is 0 Å². The molecule has 0 saturated heterocycles. The monoisotopic (exact) mass is 260 g/mol. The zero-order valence-corrected chi connectivity index (χ0v) is 10.6. The topological polar surface area (TPSA) is 103 Å². The van der Waals surface area contributed by atoms with Crippen molar-refractivity contribution in [2.45, 2.75) is 6.92 Å². The zero-order chi connectivity index (χ0) is 13.8. The first-order chi connectivity index (χ1) is 9.08. The fourth-order valence-corrected chi connectivity index (χ4v) is 1.86. The van der Waals surface area contributed by atoms with Crippen LogP contribution in [0.1, 0.15) is 5.69 Å². The van der Waals surface area contributed by atoms with Gasteiger partial charge in [0.25, 0.3) is 0 Å². The Morgan fingerprint density at radius 2 is 2.21 bits per heavy atom. The molecule has 1 heterocycles. The summed E-state index contributed by atoms with van der Waals surface area (Å²) in [7, 11) is 0. The number of rotatable bonds is 4. The summed E-state index contributed by atoms with van der Waals surface area (Å²) in [5.74, 6) is 0. The van der Waals surface area contributed by atoms with Gasteiger partial charge in [0.15, 0.2) is 0 Å². The number of primary amides is 1. The van der Waals surface area contributed by atoms with E-state index in [1.165, 1.54) is 0 Å². The molecule has 5 N–H and O–H groups in total. The molecule has 0 unspecified atom stereocenters. The molecular formula is C13H16N4O2. The van der Waals surface area contributed by atoms with Crippen molar-refractivity contribution in [2.24, 2.45) is 5.73 Å². The van der Waals surface area contributed by atoms with E-state index in [2.05, 4.69) is 15.0 Å². The molecule has 0 radical (unpaired) electrons. The number of nitrogens with one attached hydrogen (secondary N) is 1. The Morgan fingerprint density at radius 1 is 1.42 bits per heavy atom. The number of anilines is 2. The predicted octanol–water partition coefficient (Wildman–Crippen LogP) is 1.63. The van der Waals surface area contributed by atoms with Crippen molar-refractivity contribution in [1.82, 2.24) is 4.98 Å². The average Bonchev–Trinajstić information content (AvgIpc) is 2.36. The molecule has 1 aromatic carbocycles. The molecule has 2 rings (SSSR count). The molecule has 0 saturated carbocycles. The summed E-state index contributed by atoms with van der Waals surface area (Å²) in [6, 6.07) is 5.67. The van der Waals surface area contributed by atoms with Crippen molar-refractivity contribution in [1.29, 1.82) is 0 Å². The first-order valence-corrected chi connectivity index (χ1v) is 5.89. The first-order valence-electron chi connectivity index (χ1n) is 5.89. The van der Waals surface area contributed by atoms with Crippen LogP contribution in [0, 0.1) is 6.92 Å². The van der Waals surface area contributed by atoms with E-state index in [4.69, 9.17) is 11.5 Å². The van der Waals surface area contributed by atoms with Crippen molar-refractivity contribution < 1.29 is 9.53 Å². The van der Waals surface area contributed by atoms with Gasteiger partial charge in [-0.05, 0) is 25.1 Å². The van der Waals surface area contributed by atoms with Gasteiger partial charge in [0, 0.05) is 40.6 Å².